The summed E-state index contributed by atoms with van der Waals surface area (Å²) in [5.74, 6) is -0.895. The summed E-state index contributed by atoms with van der Waals surface area (Å²) in [6, 6.07) is 0. The van der Waals surface area contributed by atoms with Crippen LogP contribution in [0.1, 0.15) is 329 Å². The van der Waals surface area contributed by atoms with Crippen LogP contribution in [0.4, 0.5) is 0 Å². The Bertz CT molecular complexity index is 1620. The van der Waals surface area contributed by atoms with Gasteiger partial charge < -0.3 is 14.2 Å². The summed E-state index contributed by atoms with van der Waals surface area (Å²) in [6.45, 7) is 6.49. The van der Waals surface area contributed by atoms with E-state index in [1.165, 1.54) is 167 Å². The second kappa shape index (κ2) is 68.6. The van der Waals surface area contributed by atoms with Gasteiger partial charge in [0.2, 0.25) is 0 Å². The molecule has 0 saturated carbocycles. The van der Waals surface area contributed by atoms with Crippen LogP contribution in [-0.2, 0) is 28.6 Å². The summed E-state index contributed by atoms with van der Waals surface area (Å²) >= 11 is 0. The summed E-state index contributed by atoms with van der Waals surface area (Å²) in [6.07, 6.45) is 93.9. The second-order valence-corrected chi connectivity index (χ2v) is 22.7. The molecule has 0 aliphatic heterocycles. The third kappa shape index (κ3) is 66.8. The number of esters is 3. The lowest BCUT2D eigenvalue weighted by molar-refractivity contribution is -0.167. The van der Waals surface area contributed by atoms with Gasteiger partial charge in [0, 0.05) is 19.3 Å². The minimum atomic E-state index is -0.790. The minimum absolute atomic E-state index is 0.0844. The van der Waals surface area contributed by atoms with Crippen LogP contribution in [0.25, 0.3) is 0 Å². The molecule has 1 atom stereocenters. The van der Waals surface area contributed by atoms with E-state index >= 15 is 0 Å². The zero-order chi connectivity index (χ0) is 58.5. The van der Waals surface area contributed by atoms with Gasteiger partial charge in [-0.05, 0) is 128 Å². The van der Waals surface area contributed by atoms with Crippen LogP contribution in [0.5, 0.6) is 0 Å². The van der Waals surface area contributed by atoms with E-state index in [0.717, 1.165) is 122 Å². The number of allylic oxidation sites excluding steroid dienone is 18. The molecule has 0 aromatic carbocycles. The van der Waals surface area contributed by atoms with Crippen LogP contribution >= 0.6 is 0 Å². The average Bonchev–Trinajstić information content (AvgIpc) is 3.47. The molecule has 1 unspecified atom stereocenters. The highest BCUT2D eigenvalue weighted by molar-refractivity contribution is 5.71. The maximum absolute atomic E-state index is 12.9. The highest BCUT2D eigenvalue weighted by Gasteiger charge is 2.19. The van der Waals surface area contributed by atoms with Gasteiger partial charge in [-0.1, -0.05) is 291 Å². The van der Waals surface area contributed by atoms with Crippen molar-refractivity contribution in [2.75, 3.05) is 13.2 Å². The fourth-order valence-corrected chi connectivity index (χ4v) is 9.59. The van der Waals surface area contributed by atoms with Crippen molar-refractivity contribution in [3.05, 3.63) is 109 Å². The quantitative estimate of drug-likeness (QED) is 0.0261. The normalized spacial score (nSPS) is 12.8. The number of unbranched alkanes of at least 4 members (excludes halogenated alkanes) is 33. The van der Waals surface area contributed by atoms with Crippen LogP contribution in [-0.4, -0.2) is 37.2 Å². The third-order valence-corrected chi connectivity index (χ3v) is 14.7. The Morgan fingerprint density at radius 2 is 0.481 bits per heavy atom. The Kier molecular flexibility index (Phi) is 65.2. The first-order valence-electron chi connectivity index (χ1n) is 34.4. The van der Waals surface area contributed by atoms with Gasteiger partial charge in [0.15, 0.2) is 6.10 Å². The van der Waals surface area contributed by atoms with Crippen molar-refractivity contribution in [3.8, 4) is 0 Å². The molecule has 81 heavy (non-hydrogen) atoms. The molecule has 0 radical (unpaired) electrons. The molecule has 0 amide bonds. The average molecular weight is 1130 g/mol. The van der Waals surface area contributed by atoms with E-state index in [0.29, 0.717) is 19.3 Å². The predicted octanol–water partition coefficient (Wildman–Crippen LogP) is 23.8. The summed E-state index contributed by atoms with van der Waals surface area (Å²) < 4.78 is 16.9. The number of hydrogen-bond acceptors (Lipinski definition) is 6. The molecule has 464 valence electrons. The second-order valence-electron chi connectivity index (χ2n) is 22.7. The highest BCUT2D eigenvalue weighted by atomic mass is 16.6. The first kappa shape index (κ1) is 77.1. The molecule has 0 saturated heterocycles. The lowest BCUT2D eigenvalue weighted by Crippen LogP contribution is -2.30. The van der Waals surface area contributed by atoms with Gasteiger partial charge in [0.05, 0.1) is 0 Å². The van der Waals surface area contributed by atoms with Gasteiger partial charge in [0.25, 0.3) is 0 Å². The van der Waals surface area contributed by atoms with E-state index in [2.05, 4.69) is 130 Å². The van der Waals surface area contributed by atoms with Crippen molar-refractivity contribution < 1.29 is 28.6 Å². The van der Waals surface area contributed by atoms with E-state index in [-0.39, 0.29) is 31.1 Å². The molecular formula is C75H128O6. The van der Waals surface area contributed by atoms with Crippen molar-refractivity contribution >= 4 is 17.9 Å². The number of ether oxygens (including phenoxy) is 3. The molecular weight excluding hydrogens is 997 g/mol. The number of hydrogen-bond donors (Lipinski definition) is 0. The SMILES string of the molecule is CC/C=C\C/C=C\C/C=C\C/C=C\C/C=C\CCCCCCCCCCCCCCCCCC(=O)OCC(COC(=O)CCCCCCC/C=C\C/C=C\CCCCC)OC(=O)CCCCCCCCC/C=C\C/C=C\CCCCC. The maximum atomic E-state index is 12.9. The molecule has 0 rings (SSSR count). The Morgan fingerprint density at radius 1 is 0.259 bits per heavy atom. The van der Waals surface area contributed by atoms with Crippen molar-refractivity contribution in [2.45, 2.75) is 335 Å². The monoisotopic (exact) mass is 1120 g/mol. The maximum Gasteiger partial charge on any atom is 0.306 e. The Labute approximate surface area is 501 Å². The van der Waals surface area contributed by atoms with Crippen molar-refractivity contribution in [1.29, 1.82) is 0 Å². The molecule has 0 aliphatic carbocycles. The lowest BCUT2D eigenvalue weighted by atomic mass is 10.0. The third-order valence-electron chi connectivity index (χ3n) is 14.7. The van der Waals surface area contributed by atoms with Gasteiger partial charge in [-0.15, -0.1) is 0 Å². The van der Waals surface area contributed by atoms with Crippen LogP contribution in [0, 0.1) is 0 Å². The molecule has 0 aromatic rings. The number of carbonyl (C=O) groups is 3. The highest BCUT2D eigenvalue weighted by Crippen LogP contribution is 2.17. The van der Waals surface area contributed by atoms with Crippen LogP contribution < -0.4 is 0 Å². The first-order chi connectivity index (χ1) is 40.0. The smallest absolute Gasteiger partial charge is 0.306 e. The molecule has 0 N–H and O–H groups in total. The largest absolute Gasteiger partial charge is 0.462 e. The molecule has 0 aromatic heterocycles. The Balaban J connectivity index is 4.26. The van der Waals surface area contributed by atoms with E-state index in [4.69, 9.17) is 14.2 Å². The van der Waals surface area contributed by atoms with Gasteiger partial charge >= 0.3 is 17.9 Å². The van der Waals surface area contributed by atoms with Crippen LogP contribution in [0.3, 0.4) is 0 Å². The molecule has 0 bridgehead atoms. The number of carbonyl (C=O) groups excluding carboxylic acids is 3. The Morgan fingerprint density at radius 3 is 0.753 bits per heavy atom. The zero-order valence-electron chi connectivity index (χ0n) is 53.3. The van der Waals surface area contributed by atoms with Gasteiger partial charge in [0.1, 0.15) is 13.2 Å². The lowest BCUT2D eigenvalue weighted by Gasteiger charge is -2.18. The van der Waals surface area contributed by atoms with Gasteiger partial charge in [-0.3, -0.25) is 14.4 Å². The topological polar surface area (TPSA) is 78.9 Å². The molecule has 6 heteroatoms. The van der Waals surface area contributed by atoms with E-state index in [1.807, 2.05) is 0 Å². The standard InChI is InChI=1S/C75H128O6/c1-4-7-10-13-16-19-22-25-28-30-31-32-33-34-35-36-37-38-39-40-41-42-43-45-47-50-53-56-59-62-65-68-74(77)80-71-72(70-79-73(76)67-64-61-58-55-52-49-46-27-24-21-18-15-12-9-6-3)81-75(78)69-66-63-60-57-54-51-48-44-29-26-23-20-17-14-11-8-5-2/h7,10,16-21,25-29,31-32,34-35,46,72H,4-6,8-9,11-15,22-24,30,33,36-45,47-71H2,1-3H3/b10-7-,19-16-,20-17-,21-18-,28-25-,29-26-,32-31-,35-34-,46-27-. The van der Waals surface area contributed by atoms with Crippen molar-refractivity contribution in [1.82, 2.24) is 0 Å². The number of rotatable bonds is 62. The molecule has 6 nitrogen and oxygen atoms in total. The minimum Gasteiger partial charge on any atom is -0.462 e. The summed E-state index contributed by atoms with van der Waals surface area (Å²) in [5.41, 5.74) is 0. The summed E-state index contributed by atoms with van der Waals surface area (Å²) in [5, 5.41) is 0. The van der Waals surface area contributed by atoms with E-state index < -0.39 is 6.10 Å². The fourth-order valence-electron chi connectivity index (χ4n) is 9.59. The van der Waals surface area contributed by atoms with Gasteiger partial charge in [-0.25, -0.2) is 0 Å². The van der Waals surface area contributed by atoms with Crippen molar-refractivity contribution in [3.63, 3.8) is 0 Å². The summed E-state index contributed by atoms with van der Waals surface area (Å²) in [7, 11) is 0. The molecule has 0 aliphatic rings. The predicted molar refractivity (Wildman–Crippen MR) is 353 cm³/mol. The molecule has 0 spiro atoms. The van der Waals surface area contributed by atoms with Crippen molar-refractivity contribution in [2.24, 2.45) is 0 Å². The van der Waals surface area contributed by atoms with Crippen LogP contribution in [0.2, 0.25) is 0 Å². The zero-order valence-corrected chi connectivity index (χ0v) is 53.3. The van der Waals surface area contributed by atoms with Gasteiger partial charge in [-0.2, -0.15) is 0 Å². The Hall–Kier alpha value is -3.93. The van der Waals surface area contributed by atoms with Crippen LogP contribution in [0.15, 0.2) is 109 Å². The van der Waals surface area contributed by atoms with E-state index in [9.17, 15) is 14.4 Å². The fraction of sp³-hybridized carbons (Fsp3) is 0.720. The molecule has 0 heterocycles. The first-order valence-corrected chi connectivity index (χ1v) is 34.4. The summed E-state index contributed by atoms with van der Waals surface area (Å²) in [4.78, 5) is 38.4. The molecule has 0 fully saturated rings. The van der Waals surface area contributed by atoms with E-state index in [1.54, 1.807) is 0 Å².